The molecule has 490 valence electrons. The van der Waals surface area contributed by atoms with Gasteiger partial charge in [-0.2, -0.15) is 0 Å². The highest BCUT2D eigenvalue weighted by atomic mass is 79.9. The van der Waals surface area contributed by atoms with Crippen molar-refractivity contribution in [2.75, 3.05) is 26.4 Å². The molecule has 0 amide bonds. The molecule has 1 saturated carbocycles. The second-order valence-corrected chi connectivity index (χ2v) is 28.8. The zero-order chi connectivity index (χ0) is 60.6. The third-order valence-electron chi connectivity index (χ3n) is 19.5. The minimum Gasteiger partial charge on any atom is -0.493 e. The molecule has 0 radical (unpaired) electrons. The van der Waals surface area contributed by atoms with E-state index in [1.165, 1.54) is 311 Å². The highest BCUT2D eigenvalue weighted by molar-refractivity contribution is 9.10. The van der Waals surface area contributed by atoms with Crippen molar-refractivity contribution in [1.82, 2.24) is 0 Å². The Bertz CT molecular complexity index is 1990. The summed E-state index contributed by atoms with van der Waals surface area (Å²) in [6.45, 7) is 9.95. The summed E-state index contributed by atoms with van der Waals surface area (Å²) in [4.78, 5) is 0. The van der Waals surface area contributed by atoms with E-state index in [2.05, 4.69) is 91.3 Å². The maximum atomic E-state index is 7.05. The molecule has 0 saturated heterocycles. The third kappa shape index (κ3) is 31.0. The molecule has 3 aromatic carbocycles. The first-order chi connectivity index (χ1) is 42.5. The number of ether oxygens (including phenoxy) is 4. The molecule has 0 bridgehead atoms. The molecule has 0 aliphatic heterocycles. The molecule has 1 fully saturated rings. The monoisotopic (exact) mass is 1270 g/mol. The van der Waals surface area contributed by atoms with E-state index >= 15 is 0 Å². The Kier molecular flexibility index (Phi) is 43.3. The summed E-state index contributed by atoms with van der Waals surface area (Å²) in [6, 6.07) is 23.8. The van der Waals surface area contributed by atoms with Gasteiger partial charge in [-0.3, -0.25) is 0 Å². The van der Waals surface area contributed by atoms with Crippen LogP contribution in [0, 0.1) is 5.92 Å². The maximum Gasteiger partial charge on any atom is 0.119 e. The first-order valence-electron chi connectivity index (χ1n) is 37.7. The SMILES string of the molecule is CCCCCCCCCCCCCCCCCCOC1CC(COc2ccc3c(c2)C(Br)(c2ccc(Cl)cc2)c2ccccc2-3)CC(OCCCCCCCCCCCCCCCCCC)C1OCCCCCCCCCCCCCCCCCC. The van der Waals surface area contributed by atoms with E-state index in [1.807, 2.05) is 12.1 Å². The highest BCUT2D eigenvalue weighted by Crippen LogP contribution is 2.57. The first kappa shape index (κ1) is 74.8. The van der Waals surface area contributed by atoms with E-state index in [4.69, 9.17) is 30.5 Å². The zero-order valence-corrected chi connectivity index (χ0v) is 58.6. The van der Waals surface area contributed by atoms with Crippen LogP contribution in [-0.2, 0) is 18.5 Å². The molecule has 2 aliphatic carbocycles. The molecule has 86 heavy (non-hydrogen) atoms. The number of fused-ring (bicyclic) bond motifs is 3. The number of halogens is 2. The van der Waals surface area contributed by atoms with Crippen molar-refractivity contribution in [2.45, 2.75) is 364 Å². The fraction of sp³-hybridized carbons (Fsp3) is 0.775. The lowest BCUT2D eigenvalue weighted by atomic mass is 9.83. The number of benzene rings is 3. The second kappa shape index (κ2) is 49.8. The standard InChI is InChI=1S/C80H132BrClO4/c1-4-7-10-13-16-19-22-25-28-31-34-37-40-43-46-51-62-83-77-65-69(68-86-72-60-61-74-73-54-49-50-55-75(73)80(81,76(74)67-72)70-56-58-71(82)59-57-70)66-78(84-63-52-47-44-41-38-35-32-29-26-23-20-17-14-11-8-5-2)79(77)85-64-53-48-45-42-39-36-33-30-27-24-21-18-15-12-9-6-3/h49-50,54-61,67,69,77-79H,4-48,51-53,62-66,68H2,1-3H3. The molecule has 5 rings (SSSR count). The van der Waals surface area contributed by atoms with Crippen LogP contribution in [0.3, 0.4) is 0 Å². The fourth-order valence-corrected chi connectivity index (χ4v) is 15.1. The minimum atomic E-state index is -0.498. The Morgan fingerprint density at radius 3 is 1.07 bits per heavy atom. The third-order valence-corrected chi connectivity index (χ3v) is 21.1. The van der Waals surface area contributed by atoms with E-state index in [0.29, 0.717) is 12.5 Å². The molecular weight excluding hydrogens is 1140 g/mol. The number of hydrogen-bond donors (Lipinski definition) is 0. The lowest BCUT2D eigenvalue weighted by molar-refractivity contribution is -0.172. The van der Waals surface area contributed by atoms with Gasteiger partial charge in [-0.25, -0.2) is 0 Å². The van der Waals surface area contributed by atoms with Crippen LogP contribution in [0.25, 0.3) is 11.1 Å². The molecule has 2 aliphatic rings. The Hall–Kier alpha value is -1.89. The van der Waals surface area contributed by atoms with Gasteiger partial charge in [0, 0.05) is 24.8 Å². The van der Waals surface area contributed by atoms with Crippen LogP contribution >= 0.6 is 27.5 Å². The minimum absolute atomic E-state index is 0.000148. The van der Waals surface area contributed by atoms with Crippen molar-refractivity contribution in [2.24, 2.45) is 5.92 Å². The van der Waals surface area contributed by atoms with Gasteiger partial charge in [-0.1, -0.05) is 380 Å². The molecule has 0 aromatic heterocycles. The van der Waals surface area contributed by atoms with Crippen molar-refractivity contribution in [1.29, 1.82) is 0 Å². The molecular formula is C80H132BrClO4. The van der Waals surface area contributed by atoms with Gasteiger partial charge in [0.15, 0.2) is 0 Å². The smallest absolute Gasteiger partial charge is 0.119 e. The summed E-state index contributed by atoms with van der Waals surface area (Å²) in [5.74, 6) is 1.21. The molecule has 0 heterocycles. The van der Waals surface area contributed by atoms with Gasteiger partial charge in [-0.15, -0.1) is 0 Å². The summed E-state index contributed by atoms with van der Waals surface area (Å²) < 4.78 is 27.6. The molecule has 0 N–H and O–H groups in total. The van der Waals surface area contributed by atoms with Crippen LogP contribution in [0.2, 0.25) is 5.02 Å². The topological polar surface area (TPSA) is 36.9 Å². The van der Waals surface area contributed by atoms with E-state index in [0.717, 1.165) is 68.3 Å². The van der Waals surface area contributed by atoms with E-state index in [-0.39, 0.29) is 18.3 Å². The number of hydrogen-bond acceptors (Lipinski definition) is 4. The number of alkyl halides is 1. The molecule has 3 atom stereocenters. The van der Waals surface area contributed by atoms with Crippen molar-refractivity contribution in [3.05, 3.63) is 88.4 Å². The van der Waals surface area contributed by atoms with Crippen LogP contribution in [0.5, 0.6) is 5.75 Å². The van der Waals surface area contributed by atoms with Crippen LogP contribution in [0.15, 0.2) is 66.7 Å². The molecule has 6 heteroatoms. The summed E-state index contributed by atoms with van der Waals surface area (Å²) in [5.41, 5.74) is 6.13. The van der Waals surface area contributed by atoms with Crippen LogP contribution in [0.4, 0.5) is 0 Å². The summed E-state index contributed by atoms with van der Waals surface area (Å²) in [6.07, 6.45) is 67.9. The average molecular weight is 1270 g/mol. The van der Waals surface area contributed by atoms with Gasteiger partial charge in [-0.05, 0) is 90.1 Å². The second-order valence-electron chi connectivity index (χ2n) is 27.1. The Morgan fingerprint density at radius 1 is 0.372 bits per heavy atom. The molecule has 3 aromatic rings. The van der Waals surface area contributed by atoms with E-state index < -0.39 is 4.32 Å². The normalized spacial score (nSPS) is 18.2. The van der Waals surface area contributed by atoms with E-state index in [9.17, 15) is 0 Å². The fourth-order valence-electron chi connectivity index (χ4n) is 14.1. The first-order valence-corrected chi connectivity index (χ1v) is 38.8. The summed E-state index contributed by atoms with van der Waals surface area (Å²) in [5, 5.41) is 0.744. The Morgan fingerprint density at radius 2 is 0.698 bits per heavy atom. The lowest BCUT2D eigenvalue weighted by Crippen LogP contribution is -2.50. The van der Waals surface area contributed by atoms with Gasteiger partial charge >= 0.3 is 0 Å². The number of unbranched alkanes of at least 4 members (excludes halogenated alkanes) is 45. The van der Waals surface area contributed by atoms with Gasteiger partial charge in [0.2, 0.25) is 0 Å². The van der Waals surface area contributed by atoms with Crippen LogP contribution < -0.4 is 4.74 Å². The van der Waals surface area contributed by atoms with Crippen molar-refractivity contribution in [3.63, 3.8) is 0 Å². The van der Waals surface area contributed by atoms with Crippen molar-refractivity contribution in [3.8, 4) is 16.9 Å². The zero-order valence-electron chi connectivity index (χ0n) is 56.2. The van der Waals surface area contributed by atoms with Gasteiger partial charge in [0.25, 0.3) is 0 Å². The summed E-state index contributed by atoms with van der Waals surface area (Å²) >= 11 is 10.8. The predicted molar refractivity (Wildman–Crippen MR) is 378 cm³/mol. The summed E-state index contributed by atoms with van der Waals surface area (Å²) in [7, 11) is 0. The van der Waals surface area contributed by atoms with E-state index in [1.54, 1.807) is 0 Å². The Balaban J connectivity index is 1.13. The van der Waals surface area contributed by atoms with Crippen molar-refractivity contribution >= 4 is 27.5 Å². The number of rotatable bonds is 58. The largest absolute Gasteiger partial charge is 0.493 e. The molecule has 4 nitrogen and oxygen atoms in total. The molecule has 0 spiro atoms. The predicted octanol–water partition coefficient (Wildman–Crippen LogP) is 26.7. The lowest BCUT2D eigenvalue weighted by Gasteiger charge is -2.41. The molecule has 3 unspecified atom stereocenters. The van der Waals surface area contributed by atoms with Gasteiger partial charge in [0.05, 0.1) is 18.8 Å². The quantitative estimate of drug-likeness (QED) is 0.0417. The Labute approximate surface area is 545 Å². The average Bonchev–Trinajstić information content (AvgIpc) is 1.58. The van der Waals surface area contributed by atoms with Gasteiger partial charge < -0.3 is 18.9 Å². The maximum absolute atomic E-state index is 7.05. The van der Waals surface area contributed by atoms with Gasteiger partial charge in [0.1, 0.15) is 16.2 Å². The highest BCUT2D eigenvalue weighted by Gasteiger charge is 2.44. The van der Waals surface area contributed by atoms with Crippen LogP contribution in [-0.4, -0.2) is 44.7 Å². The van der Waals surface area contributed by atoms with Crippen LogP contribution in [0.1, 0.15) is 359 Å². The van der Waals surface area contributed by atoms with Crippen molar-refractivity contribution < 1.29 is 18.9 Å².